The number of rotatable bonds is 3. The molecule has 0 atom stereocenters. The van der Waals surface area contributed by atoms with Crippen LogP contribution in [0.1, 0.15) is 30.9 Å². The van der Waals surface area contributed by atoms with Gasteiger partial charge >= 0.3 is 0 Å². The van der Waals surface area contributed by atoms with E-state index >= 15 is 0 Å². The summed E-state index contributed by atoms with van der Waals surface area (Å²) in [4.78, 5) is 0. The standard InChI is InChI=1S/C15H18.H3N/c1-3-4-5-13-7-9-14-10-12(2)6-8-15(14)11-13;/h6-11H,3-5H2,1-2H3;1H3. The van der Waals surface area contributed by atoms with E-state index in [1.807, 2.05) is 0 Å². The first-order chi connectivity index (χ1) is 7.29. The van der Waals surface area contributed by atoms with Gasteiger partial charge in [-0.2, -0.15) is 0 Å². The highest BCUT2D eigenvalue weighted by atomic mass is 14.0. The van der Waals surface area contributed by atoms with Gasteiger partial charge in [0.25, 0.3) is 0 Å². The third-order valence-electron chi connectivity index (χ3n) is 2.88. The molecule has 1 nitrogen and oxygen atoms in total. The van der Waals surface area contributed by atoms with Crippen LogP contribution in [0.15, 0.2) is 36.4 Å². The predicted octanol–water partition coefficient (Wildman–Crippen LogP) is 4.65. The molecule has 86 valence electrons. The van der Waals surface area contributed by atoms with Crippen molar-refractivity contribution in [3.63, 3.8) is 0 Å². The molecule has 0 heterocycles. The minimum atomic E-state index is 0. The molecule has 1 heteroatoms. The summed E-state index contributed by atoms with van der Waals surface area (Å²) in [5.74, 6) is 0. The van der Waals surface area contributed by atoms with Gasteiger partial charge < -0.3 is 6.15 Å². The van der Waals surface area contributed by atoms with E-state index in [0.29, 0.717) is 0 Å². The zero-order valence-electron chi connectivity index (χ0n) is 10.3. The van der Waals surface area contributed by atoms with Gasteiger partial charge in [0.05, 0.1) is 0 Å². The fourth-order valence-electron chi connectivity index (χ4n) is 1.95. The van der Waals surface area contributed by atoms with Crippen molar-refractivity contribution in [3.05, 3.63) is 47.5 Å². The summed E-state index contributed by atoms with van der Waals surface area (Å²) in [6, 6.07) is 13.5. The quantitative estimate of drug-likeness (QED) is 0.794. The van der Waals surface area contributed by atoms with Crippen molar-refractivity contribution in [2.24, 2.45) is 0 Å². The molecule has 3 N–H and O–H groups in total. The van der Waals surface area contributed by atoms with E-state index in [0.717, 1.165) is 0 Å². The molecule has 2 rings (SSSR count). The van der Waals surface area contributed by atoms with Crippen molar-refractivity contribution in [1.82, 2.24) is 6.15 Å². The van der Waals surface area contributed by atoms with Gasteiger partial charge in [0, 0.05) is 0 Å². The summed E-state index contributed by atoms with van der Waals surface area (Å²) in [6.07, 6.45) is 3.77. The first-order valence-corrected chi connectivity index (χ1v) is 5.79. The van der Waals surface area contributed by atoms with Crippen molar-refractivity contribution in [1.29, 1.82) is 0 Å². The first-order valence-electron chi connectivity index (χ1n) is 5.79. The van der Waals surface area contributed by atoms with Crippen molar-refractivity contribution in [2.75, 3.05) is 0 Å². The van der Waals surface area contributed by atoms with E-state index in [1.54, 1.807) is 0 Å². The van der Waals surface area contributed by atoms with Crippen LogP contribution in [0.5, 0.6) is 0 Å². The summed E-state index contributed by atoms with van der Waals surface area (Å²) < 4.78 is 0. The van der Waals surface area contributed by atoms with Crippen LogP contribution in [0.4, 0.5) is 0 Å². The Morgan fingerprint density at radius 2 is 1.62 bits per heavy atom. The maximum Gasteiger partial charge on any atom is -0.0181 e. The summed E-state index contributed by atoms with van der Waals surface area (Å²) in [5.41, 5.74) is 2.80. The number of unbranched alkanes of at least 4 members (excludes halogenated alkanes) is 1. The number of benzene rings is 2. The van der Waals surface area contributed by atoms with Gasteiger partial charge in [0.15, 0.2) is 0 Å². The minimum absolute atomic E-state index is 0. The van der Waals surface area contributed by atoms with E-state index in [-0.39, 0.29) is 6.15 Å². The summed E-state index contributed by atoms with van der Waals surface area (Å²) in [7, 11) is 0. The van der Waals surface area contributed by atoms with Gasteiger partial charge in [-0.3, -0.25) is 0 Å². The number of aryl methyl sites for hydroxylation is 2. The topological polar surface area (TPSA) is 35.0 Å². The molecule has 0 aromatic heterocycles. The molecular formula is C15H21N. The van der Waals surface area contributed by atoms with Gasteiger partial charge in [-0.15, -0.1) is 0 Å². The molecule has 0 unspecified atom stereocenters. The van der Waals surface area contributed by atoms with Gasteiger partial charge in [-0.25, -0.2) is 0 Å². The Morgan fingerprint density at radius 1 is 0.938 bits per heavy atom. The molecule has 0 amide bonds. The third kappa shape index (κ3) is 2.83. The van der Waals surface area contributed by atoms with E-state index in [4.69, 9.17) is 0 Å². The van der Waals surface area contributed by atoms with Crippen molar-refractivity contribution in [3.8, 4) is 0 Å². The van der Waals surface area contributed by atoms with Crippen molar-refractivity contribution >= 4 is 10.8 Å². The first kappa shape index (κ1) is 12.7. The second kappa shape index (κ2) is 5.66. The molecule has 0 aliphatic heterocycles. The number of hydrogen-bond acceptors (Lipinski definition) is 1. The highest BCUT2D eigenvalue weighted by Crippen LogP contribution is 2.18. The largest absolute Gasteiger partial charge is 0.344 e. The molecular weight excluding hydrogens is 194 g/mol. The second-order valence-electron chi connectivity index (χ2n) is 4.29. The Balaban J connectivity index is 0.00000128. The van der Waals surface area contributed by atoms with E-state index in [9.17, 15) is 0 Å². The Bertz CT molecular complexity index is 460. The Hall–Kier alpha value is -1.34. The molecule has 0 saturated heterocycles. The lowest BCUT2D eigenvalue weighted by Crippen LogP contribution is -1.85. The number of fused-ring (bicyclic) bond motifs is 1. The lowest BCUT2D eigenvalue weighted by Gasteiger charge is -2.03. The molecule has 0 bridgehead atoms. The van der Waals surface area contributed by atoms with Crippen LogP contribution in [0, 0.1) is 6.92 Å². The SMILES string of the molecule is CCCCc1ccc2cc(C)ccc2c1.N. The third-order valence-corrected chi connectivity index (χ3v) is 2.88. The zero-order chi connectivity index (χ0) is 10.7. The highest BCUT2D eigenvalue weighted by molar-refractivity contribution is 5.83. The normalized spacial score (nSPS) is 10.1. The van der Waals surface area contributed by atoms with Crippen LogP contribution in [0.3, 0.4) is 0 Å². The maximum absolute atomic E-state index is 2.32. The Labute approximate surface area is 98.1 Å². The summed E-state index contributed by atoms with van der Waals surface area (Å²) >= 11 is 0. The van der Waals surface area contributed by atoms with Crippen LogP contribution in [0.25, 0.3) is 10.8 Å². The van der Waals surface area contributed by atoms with E-state index in [2.05, 4.69) is 50.2 Å². The molecule has 2 aromatic rings. The van der Waals surface area contributed by atoms with Crippen LogP contribution >= 0.6 is 0 Å². The Kier molecular flexibility index (Phi) is 4.51. The lowest BCUT2D eigenvalue weighted by atomic mass is 10.0. The lowest BCUT2D eigenvalue weighted by molar-refractivity contribution is 0.796. The maximum atomic E-state index is 2.32. The molecule has 2 aromatic carbocycles. The van der Waals surface area contributed by atoms with Gasteiger partial charge in [0.2, 0.25) is 0 Å². The van der Waals surface area contributed by atoms with Crippen LogP contribution in [-0.2, 0) is 6.42 Å². The average molecular weight is 215 g/mol. The van der Waals surface area contributed by atoms with Gasteiger partial charge in [-0.05, 0) is 36.1 Å². The van der Waals surface area contributed by atoms with Gasteiger partial charge in [-0.1, -0.05) is 55.3 Å². The van der Waals surface area contributed by atoms with Crippen molar-refractivity contribution in [2.45, 2.75) is 33.1 Å². The molecule has 0 aliphatic rings. The van der Waals surface area contributed by atoms with Crippen LogP contribution < -0.4 is 6.15 Å². The number of hydrogen-bond donors (Lipinski definition) is 1. The van der Waals surface area contributed by atoms with Crippen LogP contribution in [0.2, 0.25) is 0 Å². The minimum Gasteiger partial charge on any atom is -0.344 e. The van der Waals surface area contributed by atoms with Gasteiger partial charge in [0.1, 0.15) is 0 Å². The highest BCUT2D eigenvalue weighted by Gasteiger charge is 1.96. The van der Waals surface area contributed by atoms with Crippen molar-refractivity contribution < 1.29 is 0 Å². The second-order valence-corrected chi connectivity index (χ2v) is 4.29. The monoisotopic (exact) mass is 215 g/mol. The smallest absolute Gasteiger partial charge is 0.0181 e. The average Bonchev–Trinajstić information content (AvgIpc) is 2.26. The van der Waals surface area contributed by atoms with E-state index < -0.39 is 0 Å². The molecule has 0 radical (unpaired) electrons. The predicted molar refractivity (Wildman–Crippen MR) is 72.3 cm³/mol. The molecule has 16 heavy (non-hydrogen) atoms. The molecule has 0 saturated carbocycles. The fourth-order valence-corrected chi connectivity index (χ4v) is 1.95. The summed E-state index contributed by atoms with van der Waals surface area (Å²) in [5, 5.41) is 2.73. The van der Waals surface area contributed by atoms with E-state index in [1.165, 1.54) is 41.2 Å². The summed E-state index contributed by atoms with van der Waals surface area (Å²) in [6.45, 7) is 4.38. The Morgan fingerprint density at radius 3 is 2.38 bits per heavy atom. The van der Waals surface area contributed by atoms with Crippen LogP contribution in [-0.4, -0.2) is 0 Å². The molecule has 0 aliphatic carbocycles. The zero-order valence-corrected chi connectivity index (χ0v) is 10.3. The molecule has 0 spiro atoms. The molecule has 0 fully saturated rings. The fraction of sp³-hybridized carbons (Fsp3) is 0.333.